The monoisotopic (exact) mass is 197 g/mol. The summed E-state index contributed by atoms with van der Waals surface area (Å²) in [5, 5.41) is 0. The van der Waals surface area contributed by atoms with Gasteiger partial charge in [-0.1, -0.05) is 28.6 Å². The largest absolute Gasteiger partial charge is 0.261 e. The summed E-state index contributed by atoms with van der Waals surface area (Å²) in [6, 6.07) is 3.88. The lowest BCUT2D eigenvalue weighted by Gasteiger charge is -1.99. The molecule has 2 heteroatoms. The first-order valence-electron chi connectivity index (χ1n) is 2.98. The summed E-state index contributed by atoms with van der Waals surface area (Å²) in [7, 11) is 0. The minimum absolute atomic E-state index is 0.887. The molecule has 0 aliphatic rings. The van der Waals surface area contributed by atoms with E-state index >= 15 is 0 Å². The standard InChI is InChI=1S/C8H8BrN/c1-6(9)8-4-3-5-10-7(8)2/h3-5H,1H2,2H3. The summed E-state index contributed by atoms with van der Waals surface area (Å²) in [6.07, 6.45) is 1.77. The molecule has 1 rings (SSSR count). The maximum atomic E-state index is 4.11. The molecule has 0 amide bonds. The lowest BCUT2D eigenvalue weighted by atomic mass is 10.2. The van der Waals surface area contributed by atoms with E-state index in [9.17, 15) is 0 Å². The van der Waals surface area contributed by atoms with Crippen LogP contribution in [0.3, 0.4) is 0 Å². The van der Waals surface area contributed by atoms with Crippen molar-refractivity contribution in [2.45, 2.75) is 6.92 Å². The predicted molar refractivity (Wildman–Crippen MR) is 46.9 cm³/mol. The second kappa shape index (κ2) is 2.97. The van der Waals surface area contributed by atoms with Crippen LogP contribution in [-0.2, 0) is 0 Å². The summed E-state index contributed by atoms with van der Waals surface area (Å²) in [5.74, 6) is 0. The van der Waals surface area contributed by atoms with E-state index in [1.54, 1.807) is 6.20 Å². The molecule has 0 unspecified atom stereocenters. The van der Waals surface area contributed by atoms with Crippen LogP contribution < -0.4 is 0 Å². The molecule has 0 atom stereocenters. The molecule has 1 aromatic rings. The first-order valence-corrected chi connectivity index (χ1v) is 3.77. The van der Waals surface area contributed by atoms with Gasteiger partial charge in [0.2, 0.25) is 0 Å². The molecule has 0 aliphatic heterocycles. The first kappa shape index (κ1) is 7.48. The summed E-state index contributed by atoms with van der Waals surface area (Å²) >= 11 is 3.30. The van der Waals surface area contributed by atoms with E-state index in [1.165, 1.54) is 0 Å². The van der Waals surface area contributed by atoms with Crippen molar-refractivity contribution in [3.05, 3.63) is 36.2 Å². The second-order valence-corrected chi connectivity index (χ2v) is 3.00. The summed E-state index contributed by atoms with van der Waals surface area (Å²) in [5.41, 5.74) is 2.08. The number of aryl methyl sites for hydroxylation is 1. The van der Waals surface area contributed by atoms with Gasteiger partial charge in [0, 0.05) is 21.9 Å². The lowest BCUT2D eigenvalue weighted by molar-refractivity contribution is 1.19. The minimum Gasteiger partial charge on any atom is -0.261 e. The maximum absolute atomic E-state index is 4.11. The number of hydrogen-bond acceptors (Lipinski definition) is 1. The molecule has 10 heavy (non-hydrogen) atoms. The van der Waals surface area contributed by atoms with Crippen LogP contribution in [0.4, 0.5) is 0 Å². The molecule has 1 heterocycles. The summed E-state index contributed by atoms with van der Waals surface area (Å²) in [6.45, 7) is 5.72. The van der Waals surface area contributed by atoms with Gasteiger partial charge in [-0.05, 0) is 13.0 Å². The number of hydrogen-bond donors (Lipinski definition) is 0. The van der Waals surface area contributed by atoms with E-state index in [4.69, 9.17) is 0 Å². The van der Waals surface area contributed by atoms with Crippen LogP contribution in [0.5, 0.6) is 0 Å². The average molecular weight is 198 g/mol. The third-order valence-corrected chi connectivity index (χ3v) is 1.73. The highest BCUT2D eigenvalue weighted by molar-refractivity contribution is 9.15. The highest BCUT2D eigenvalue weighted by Crippen LogP contribution is 2.19. The first-order chi connectivity index (χ1) is 4.72. The number of halogens is 1. The van der Waals surface area contributed by atoms with Gasteiger partial charge >= 0.3 is 0 Å². The van der Waals surface area contributed by atoms with E-state index in [1.807, 2.05) is 19.1 Å². The Morgan fingerprint density at radius 2 is 2.40 bits per heavy atom. The van der Waals surface area contributed by atoms with Crippen molar-refractivity contribution in [2.24, 2.45) is 0 Å². The van der Waals surface area contributed by atoms with E-state index in [2.05, 4.69) is 27.5 Å². The molecule has 0 saturated heterocycles. The SMILES string of the molecule is C=C(Br)c1cccnc1C. The summed E-state index contributed by atoms with van der Waals surface area (Å²) in [4.78, 5) is 4.11. The topological polar surface area (TPSA) is 12.9 Å². The highest BCUT2D eigenvalue weighted by Gasteiger charge is 1.97. The van der Waals surface area contributed by atoms with Crippen LogP contribution in [0.25, 0.3) is 4.48 Å². The maximum Gasteiger partial charge on any atom is 0.0456 e. The van der Waals surface area contributed by atoms with Gasteiger partial charge in [0.1, 0.15) is 0 Å². The molecule has 0 bridgehead atoms. The van der Waals surface area contributed by atoms with Crippen molar-refractivity contribution >= 4 is 20.4 Å². The highest BCUT2D eigenvalue weighted by atomic mass is 79.9. The zero-order valence-corrected chi connectivity index (χ0v) is 7.35. The van der Waals surface area contributed by atoms with Crippen LogP contribution in [-0.4, -0.2) is 4.98 Å². The number of aromatic nitrogens is 1. The molecule has 0 fully saturated rings. The predicted octanol–water partition coefficient (Wildman–Crippen LogP) is 2.76. The van der Waals surface area contributed by atoms with Crippen LogP contribution >= 0.6 is 15.9 Å². The van der Waals surface area contributed by atoms with Gasteiger partial charge in [0.05, 0.1) is 0 Å². The van der Waals surface area contributed by atoms with Crippen LogP contribution in [0.2, 0.25) is 0 Å². The number of pyridine rings is 1. The Hall–Kier alpha value is -0.630. The third-order valence-electron chi connectivity index (χ3n) is 1.30. The molecule has 0 aliphatic carbocycles. The second-order valence-electron chi connectivity index (χ2n) is 2.04. The lowest BCUT2D eigenvalue weighted by Crippen LogP contribution is -1.85. The molecule has 52 valence electrons. The Kier molecular flexibility index (Phi) is 2.22. The Balaban J connectivity index is 3.15. The summed E-state index contributed by atoms with van der Waals surface area (Å²) < 4.78 is 0.887. The Bertz CT molecular complexity index is 255. The van der Waals surface area contributed by atoms with Gasteiger partial charge in [-0.15, -0.1) is 0 Å². The van der Waals surface area contributed by atoms with E-state index in [0.29, 0.717) is 0 Å². The number of nitrogens with zero attached hydrogens (tertiary/aromatic N) is 1. The fraction of sp³-hybridized carbons (Fsp3) is 0.125. The van der Waals surface area contributed by atoms with Crippen molar-refractivity contribution in [3.8, 4) is 0 Å². The van der Waals surface area contributed by atoms with Crippen LogP contribution in [0.1, 0.15) is 11.3 Å². The van der Waals surface area contributed by atoms with Gasteiger partial charge in [0.25, 0.3) is 0 Å². The van der Waals surface area contributed by atoms with Gasteiger partial charge in [-0.2, -0.15) is 0 Å². The average Bonchev–Trinajstić information content (AvgIpc) is 1.88. The Labute approximate surface area is 68.9 Å². The molecule has 0 spiro atoms. The molecular formula is C8H8BrN. The minimum atomic E-state index is 0.887. The molecule has 1 nitrogen and oxygen atoms in total. The van der Waals surface area contributed by atoms with E-state index in [-0.39, 0.29) is 0 Å². The van der Waals surface area contributed by atoms with Crippen LogP contribution in [0.15, 0.2) is 24.9 Å². The van der Waals surface area contributed by atoms with Gasteiger partial charge < -0.3 is 0 Å². The molecule has 0 radical (unpaired) electrons. The fourth-order valence-electron chi connectivity index (χ4n) is 0.771. The Morgan fingerprint density at radius 1 is 1.70 bits per heavy atom. The normalized spacial score (nSPS) is 9.40. The van der Waals surface area contributed by atoms with Crippen molar-refractivity contribution in [1.82, 2.24) is 4.98 Å². The van der Waals surface area contributed by atoms with Crippen molar-refractivity contribution in [2.75, 3.05) is 0 Å². The quantitative estimate of drug-likeness (QED) is 0.676. The van der Waals surface area contributed by atoms with Crippen molar-refractivity contribution in [1.29, 1.82) is 0 Å². The van der Waals surface area contributed by atoms with Gasteiger partial charge in [0.15, 0.2) is 0 Å². The fourth-order valence-corrected chi connectivity index (χ4v) is 1.19. The third kappa shape index (κ3) is 1.45. The molecule has 1 aromatic heterocycles. The molecular weight excluding hydrogens is 190 g/mol. The molecule has 0 aromatic carbocycles. The van der Waals surface area contributed by atoms with E-state index in [0.717, 1.165) is 15.7 Å². The zero-order valence-electron chi connectivity index (χ0n) is 5.76. The Morgan fingerprint density at radius 3 is 2.80 bits per heavy atom. The zero-order chi connectivity index (χ0) is 7.56. The van der Waals surface area contributed by atoms with Crippen molar-refractivity contribution < 1.29 is 0 Å². The van der Waals surface area contributed by atoms with Crippen molar-refractivity contribution in [3.63, 3.8) is 0 Å². The molecule has 0 N–H and O–H groups in total. The van der Waals surface area contributed by atoms with E-state index < -0.39 is 0 Å². The molecule has 0 saturated carbocycles. The van der Waals surface area contributed by atoms with Gasteiger partial charge in [-0.3, -0.25) is 4.98 Å². The number of rotatable bonds is 1. The smallest absolute Gasteiger partial charge is 0.0456 e. The van der Waals surface area contributed by atoms with Gasteiger partial charge in [-0.25, -0.2) is 0 Å². The van der Waals surface area contributed by atoms with Crippen LogP contribution in [0, 0.1) is 6.92 Å².